The monoisotopic (exact) mass is 458 g/mol. The molecule has 0 radical (unpaired) electrons. The lowest BCUT2D eigenvalue weighted by Crippen LogP contribution is -2.43. The van der Waals surface area contributed by atoms with Gasteiger partial charge in [0.15, 0.2) is 11.9 Å². The highest BCUT2D eigenvalue weighted by Gasteiger charge is 2.39. The second-order valence-electron chi connectivity index (χ2n) is 8.91. The number of amides is 3. The Morgan fingerprint density at radius 3 is 2.62 bits per heavy atom. The van der Waals surface area contributed by atoms with E-state index in [4.69, 9.17) is 9.47 Å². The number of imide groups is 1. The molecule has 2 N–H and O–H groups in total. The van der Waals surface area contributed by atoms with Gasteiger partial charge in [-0.1, -0.05) is 12.1 Å². The van der Waals surface area contributed by atoms with E-state index in [0.717, 1.165) is 31.2 Å². The van der Waals surface area contributed by atoms with Gasteiger partial charge in [0.1, 0.15) is 11.2 Å². The van der Waals surface area contributed by atoms with Crippen LogP contribution in [0.1, 0.15) is 57.9 Å². The van der Waals surface area contributed by atoms with E-state index in [1.165, 1.54) is 0 Å². The highest BCUT2D eigenvalue weighted by Crippen LogP contribution is 2.43. The summed E-state index contributed by atoms with van der Waals surface area (Å²) >= 11 is 0. The Hall–Kier alpha value is -4.01. The zero-order valence-electron chi connectivity index (χ0n) is 18.5. The third-order valence-corrected chi connectivity index (χ3v) is 7.05. The van der Waals surface area contributed by atoms with Gasteiger partial charge in [-0.2, -0.15) is 0 Å². The maximum atomic E-state index is 12.9. The fourth-order valence-corrected chi connectivity index (χ4v) is 5.36. The van der Waals surface area contributed by atoms with Gasteiger partial charge in [0, 0.05) is 12.0 Å². The number of nitrogens with one attached hydrogen (secondary N) is 2. The van der Waals surface area contributed by atoms with Crippen molar-refractivity contribution in [3.8, 4) is 11.6 Å². The summed E-state index contributed by atoms with van der Waals surface area (Å²) in [5.74, 6) is 0.264. The van der Waals surface area contributed by atoms with Gasteiger partial charge in [0.25, 0.3) is 17.7 Å². The Morgan fingerprint density at radius 2 is 1.82 bits per heavy atom. The lowest BCUT2D eigenvalue weighted by Gasteiger charge is -2.36. The van der Waals surface area contributed by atoms with Crippen molar-refractivity contribution >= 4 is 34.4 Å². The summed E-state index contributed by atoms with van der Waals surface area (Å²) in [6.07, 6.45) is 4.06. The third kappa shape index (κ3) is 3.19. The van der Waals surface area contributed by atoms with E-state index in [2.05, 4.69) is 20.6 Å². The lowest BCUT2D eigenvalue weighted by molar-refractivity contribution is -0.126. The van der Waals surface area contributed by atoms with Crippen LogP contribution in [-0.4, -0.2) is 40.9 Å². The molecule has 9 nitrogen and oxygen atoms in total. The third-order valence-electron chi connectivity index (χ3n) is 7.05. The van der Waals surface area contributed by atoms with Crippen LogP contribution >= 0.6 is 0 Å². The van der Waals surface area contributed by atoms with Crippen molar-refractivity contribution in [2.24, 2.45) is 5.92 Å². The molecule has 1 aromatic carbocycles. The molecule has 1 unspecified atom stereocenters. The van der Waals surface area contributed by atoms with Crippen LogP contribution in [0.25, 0.3) is 11.0 Å². The van der Waals surface area contributed by atoms with Crippen molar-refractivity contribution in [1.29, 1.82) is 0 Å². The van der Waals surface area contributed by atoms with Crippen LogP contribution in [0.2, 0.25) is 0 Å². The summed E-state index contributed by atoms with van der Waals surface area (Å²) in [6.45, 7) is 0. The number of nitrogens with zero attached hydrogens (tertiary/aromatic N) is 2. The number of rotatable bonds is 3. The Balaban J connectivity index is 1.24. The van der Waals surface area contributed by atoms with Crippen LogP contribution in [0, 0.1) is 5.92 Å². The average molecular weight is 458 g/mol. The molecule has 3 amide bonds. The molecule has 1 saturated carbocycles. The van der Waals surface area contributed by atoms with Gasteiger partial charge >= 0.3 is 0 Å². The van der Waals surface area contributed by atoms with Gasteiger partial charge in [-0.3, -0.25) is 24.7 Å². The Morgan fingerprint density at radius 1 is 1.00 bits per heavy atom. The van der Waals surface area contributed by atoms with E-state index in [-0.39, 0.29) is 29.6 Å². The SMILES string of the molecule is COc1ccc2ncc3c(c2n1)OC(C1CCC(c2cccc4c2C(=O)NC4=O)CC1)C(=O)N3. The zero-order valence-corrected chi connectivity index (χ0v) is 18.5. The molecule has 1 aliphatic carbocycles. The lowest BCUT2D eigenvalue weighted by atomic mass is 9.75. The van der Waals surface area contributed by atoms with Crippen molar-refractivity contribution < 1.29 is 23.9 Å². The fraction of sp³-hybridized carbons (Fsp3) is 0.320. The number of carbonyl (C=O) groups excluding carboxylic acids is 3. The molecular formula is C25H22N4O5. The quantitative estimate of drug-likeness (QED) is 0.579. The first-order valence-corrected chi connectivity index (χ1v) is 11.3. The number of benzene rings is 1. The first kappa shape index (κ1) is 20.6. The Labute approximate surface area is 194 Å². The molecule has 0 saturated heterocycles. The highest BCUT2D eigenvalue weighted by molar-refractivity contribution is 6.22. The van der Waals surface area contributed by atoms with Crippen LogP contribution in [0.4, 0.5) is 5.69 Å². The highest BCUT2D eigenvalue weighted by atomic mass is 16.5. The number of aromatic nitrogens is 2. The van der Waals surface area contributed by atoms with E-state index in [9.17, 15) is 14.4 Å². The molecule has 1 fully saturated rings. The number of fused-ring (bicyclic) bond motifs is 4. The molecule has 3 aliphatic rings. The smallest absolute Gasteiger partial charge is 0.265 e. The number of hydrogen-bond acceptors (Lipinski definition) is 7. The molecule has 9 heteroatoms. The van der Waals surface area contributed by atoms with Crippen molar-refractivity contribution in [1.82, 2.24) is 15.3 Å². The van der Waals surface area contributed by atoms with E-state index >= 15 is 0 Å². The van der Waals surface area contributed by atoms with Crippen molar-refractivity contribution in [3.05, 3.63) is 53.2 Å². The van der Waals surface area contributed by atoms with Crippen molar-refractivity contribution in [2.75, 3.05) is 12.4 Å². The maximum Gasteiger partial charge on any atom is 0.265 e. The maximum absolute atomic E-state index is 12.9. The molecule has 34 heavy (non-hydrogen) atoms. The molecule has 3 aromatic rings. The standard InChI is InChI=1S/C25H22N4O5/c1-33-18-10-9-16-20(28-18)22-17(11-26-16)27-25(32)21(34-22)13-7-5-12(6-8-13)14-3-2-4-15-19(14)24(31)29-23(15)30/h2-4,9-13,21H,5-8H2,1H3,(H,27,32)(H,29,30,31). The summed E-state index contributed by atoms with van der Waals surface area (Å²) in [5, 5.41) is 5.32. The van der Waals surface area contributed by atoms with Gasteiger partial charge in [-0.25, -0.2) is 4.98 Å². The van der Waals surface area contributed by atoms with Gasteiger partial charge in [-0.15, -0.1) is 0 Å². The summed E-state index contributed by atoms with van der Waals surface area (Å²) in [6, 6.07) is 8.98. The van der Waals surface area contributed by atoms with Gasteiger partial charge in [0.2, 0.25) is 5.88 Å². The number of methoxy groups -OCH3 is 1. The largest absolute Gasteiger partial charge is 0.481 e. The van der Waals surface area contributed by atoms with E-state index in [0.29, 0.717) is 39.5 Å². The van der Waals surface area contributed by atoms with Crippen molar-refractivity contribution in [2.45, 2.75) is 37.7 Å². The number of carbonyl (C=O) groups is 3. The minimum Gasteiger partial charge on any atom is -0.481 e. The minimum atomic E-state index is -0.640. The Kier molecular flexibility index (Phi) is 4.72. The summed E-state index contributed by atoms with van der Waals surface area (Å²) in [7, 11) is 1.54. The van der Waals surface area contributed by atoms with E-state index < -0.39 is 6.10 Å². The fourth-order valence-electron chi connectivity index (χ4n) is 5.36. The molecule has 4 heterocycles. The molecule has 0 bridgehead atoms. The number of anilines is 1. The number of ether oxygens (including phenoxy) is 2. The Bertz CT molecular complexity index is 1360. The van der Waals surface area contributed by atoms with Crippen LogP contribution in [0.5, 0.6) is 11.6 Å². The van der Waals surface area contributed by atoms with Crippen LogP contribution < -0.4 is 20.1 Å². The predicted octanol–water partition coefficient (Wildman–Crippen LogP) is 3.20. The van der Waals surface area contributed by atoms with Gasteiger partial charge < -0.3 is 14.8 Å². The molecule has 0 spiro atoms. The second-order valence-corrected chi connectivity index (χ2v) is 8.91. The first-order valence-electron chi connectivity index (χ1n) is 11.3. The van der Waals surface area contributed by atoms with E-state index in [1.807, 2.05) is 12.1 Å². The van der Waals surface area contributed by atoms with Crippen LogP contribution in [0.15, 0.2) is 36.5 Å². The topological polar surface area (TPSA) is 120 Å². The number of pyridine rings is 2. The summed E-state index contributed by atoms with van der Waals surface area (Å²) < 4.78 is 11.5. The molecule has 2 aromatic heterocycles. The second kappa shape index (κ2) is 7.79. The minimum absolute atomic E-state index is 0.0189. The zero-order chi connectivity index (χ0) is 23.4. The molecule has 2 aliphatic heterocycles. The predicted molar refractivity (Wildman–Crippen MR) is 122 cm³/mol. The van der Waals surface area contributed by atoms with Crippen LogP contribution in [-0.2, 0) is 4.79 Å². The normalized spacial score (nSPS) is 23.6. The number of hydrogen-bond donors (Lipinski definition) is 2. The summed E-state index contributed by atoms with van der Waals surface area (Å²) in [5.41, 5.74) is 3.55. The van der Waals surface area contributed by atoms with Crippen molar-refractivity contribution in [3.63, 3.8) is 0 Å². The molecule has 6 rings (SSSR count). The molecule has 172 valence electrons. The van der Waals surface area contributed by atoms with Gasteiger partial charge in [-0.05, 0) is 49.3 Å². The van der Waals surface area contributed by atoms with E-state index in [1.54, 1.807) is 31.5 Å². The van der Waals surface area contributed by atoms with Gasteiger partial charge in [0.05, 0.1) is 30.0 Å². The first-order chi connectivity index (χ1) is 16.5. The summed E-state index contributed by atoms with van der Waals surface area (Å²) in [4.78, 5) is 46.1. The average Bonchev–Trinajstić information content (AvgIpc) is 3.16. The molecule has 1 atom stereocenters. The van der Waals surface area contributed by atoms with Crippen LogP contribution in [0.3, 0.4) is 0 Å². The molecular weight excluding hydrogens is 436 g/mol.